The van der Waals surface area contributed by atoms with Crippen LogP contribution in [-0.2, 0) is 4.79 Å². The van der Waals surface area contributed by atoms with Crippen molar-refractivity contribution >= 4 is 5.97 Å². The molecular weight excluding hydrogens is 446 g/mol. The summed E-state index contributed by atoms with van der Waals surface area (Å²) in [5.74, 6) is -2.70. The van der Waals surface area contributed by atoms with Crippen molar-refractivity contribution in [3.8, 4) is 11.5 Å². The van der Waals surface area contributed by atoms with E-state index in [4.69, 9.17) is 9.47 Å². The summed E-state index contributed by atoms with van der Waals surface area (Å²) in [6.07, 6.45) is 20.5. The molecule has 0 heterocycles. The maximum absolute atomic E-state index is 14.5. The van der Waals surface area contributed by atoms with Gasteiger partial charge in [-0.15, -0.1) is 0 Å². The number of carbonyl (C=O) groups excluding carboxylic acids is 1. The minimum atomic E-state index is -1.15. The highest BCUT2D eigenvalue weighted by molar-refractivity contribution is 5.75. The first-order valence-corrected chi connectivity index (χ1v) is 14.4. The molecule has 2 rings (SSSR count). The van der Waals surface area contributed by atoms with E-state index < -0.39 is 17.6 Å². The molecule has 5 heteroatoms. The summed E-state index contributed by atoms with van der Waals surface area (Å²) in [7, 11) is 0. The number of ether oxygens (including phenoxy) is 2. The van der Waals surface area contributed by atoms with Crippen LogP contribution in [0.5, 0.6) is 11.5 Å². The van der Waals surface area contributed by atoms with Gasteiger partial charge < -0.3 is 9.47 Å². The van der Waals surface area contributed by atoms with Gasteiger partial charge in [-0.25, -0.2) is 0 Å². The molecule has 0 amide bonds. The van der Waals surface area contributed by atoms with Crippen molar-refractivity contribution in [1.29, 1.82) is 0 Å². The number of esters is 1. The molecule has 0 aliphatic heterocycles. The molecule has 0 spiro atoms. The van der Waals surface area contributed by atoms with Crippen LogP contribution in [0.3, 0.4) is 0 Å². The number of unbranched alkanes of at least 4 members (excludes halogenated alkanes) is 11. The number of rotatable bonds is 18. The Morgan fingerprint density at radius 1 is 0.743 bits per heavy atom. The molecule has 0 N–H and O–H groups in total. The number of halogens is 2. The van der Waals surface area contributed by atoms with Crippen molar-refractivity contribution in [1.82, 2.24) is 0 Å². The Balaban J connectivity index is 1.65. The Morgan fingerprint density at radius 2 is 1.26 bits per heavy atom. The molecule has 3 nitrogen and oxygen atoms in total. The third-order valence-corrected chi connectivity index (χ3v) is 7.37. The molecule has 35 heavy (non-hydrogen) atoms. The third-order valence-electron chi connectivity index (χ3n) is 7.37. The summed E-state index contributed by atoms with van der Waals surface area (Å²) in [6.45, 7) is 4.78. The Labute approximate surface area is 212 Å². The normalized spacial score (nSPS) is 17.9. The minimum Gasteiger partial charge on any atom is -0.490 e. The van der Waals surface area contributed by atoms with Crippen LogP contribution in [0.4, 0.5) is 8.78 Å². The van der Waals surface area contributed by atoms with Crippen LogP contribution in [0.2, 0.25) is 0 Å². The van der Waals surface area contributed by atoms with Crippen LogP contribution in [0.15, 0.2) is 12.1 Å². The maximum atomic E-state index is 14.5. The third kappa shape index (κ3) is 11.3. The highest BCUT2D eigenvalue weighted by Gasteiger charge is 2.28. The predicted octanol–water partition coefficient (Wildman–Crippen LogP) is 9.56. The van der Waals surface area contributed by atoms with E-state index in [1.807, 2.05) is 0 Å². The van der Waals surface area contributed by atoms with Crippen LogP contribution in [0, 0.1) is 23.5 Å². The van der Waals surface area contributed by atoms with Crippen molar-refractivity contribution in [3.05, 3.63) is 23.8 Å². The largest absolute Gasteiger partial charge is 0.490 e. The average Bonchev–Trinajstić information content (AvgIpc) is 2.87. The molecule has 0 saturated heterocycles. The van der Waals surface area contributed by atoms with E-state index in [9.17, 15) is 13.6 Å². The standard InChI is InChI=1S/C30H48F2O3/c1-3-5-7-8-9-10-11-12-13-15-23-34-26-21-22-27(29(32)28(26)31)35-30(33)25-19-17-24(18-20-25)16-14-6-4-2/h21-22,24-25H,3-20,23H2,1-2H3. The van der Waals surface area contributed by atoms with Crippen molar-refractivity contribution in [3.63, 3.8) is 0 Å². The van der Waals surface area contributed by atoms with Gasteiger partial charge in [0.15, 0.2) is 11.5 Å². The fourth-order valence-electron chi connectivity index (χ4n) is 5.04. The summed E-state index contributed by atoms with van der Waals surface area (Å²) >= 11 is 0. The van der Waals surface area contributed by atoms with Crippen LogP contribution in [0.1, 0.15) is 129 Å². The van der Waals surface area contributed by atoms with Gasteiger partial charge in [-0.1, -0.05) is 97.3 Å². The molecular formula is C30H48F2O3. The molecule has 0 aromatic heterocycles. The predicted molar refractivity (Wildman–Crippen MR) is 139 cm³/mol. The molecule has 1 aromatic carbocycles. The lowest BCUT2D eigenvalue weighted by Gasteiger charge is -2.27. The van der Waals surface area contributed by atoms with E-state index in [0.717, 1.165) is 44.9 Å². The molecule has 200 valence electrons. The van der Waals surface area contributed by atoms with Gasteiger partial charge in [-0.05, 0) is 50.2 Å². The Kier molecular flexibility index (Phi) is 15.0. The van der Waals surface area contributed by atoms with Crippen LogP contribution >= 0.6 is 0 Å². The molecule has 1 saturated carbocycles. The molecule has 1 aliphatic carbocycles. The Morgan fingerprint density at radius 3 is 1.89 bits per heavy atom. The molecule has 0 radical (unpaired) electrons. The van der Waals surface area contributed by atoms with Crippen molar-refractivity contribution < 1.29 is 23.0 Å². The van der Waals surface area contributed by atoms with E-state index in [1.54, 1.807) is 0 Å². The second-order valence-electron chi connectivity index (χ2n) is 10.4. The van der Waals surface area contributed by atoms with Gasteiger partial charge in [-0.2, -0.15) is 8.78 Å². The van der Waals surface area contributed by atoms with Crippen molar-refractivity contribution in [2.75, 3.05) is 6.61 Å². The van der Waals surface area contributed by atoms with E-state index >= 15 is 0 Å². The second kappa shape index (κ2) is 17.7. The fourth-order valence-corrected chi connectivity index (χ4v) is 5.04. The van der Waals surface area contributed by atoms with Crippen molar-refractivity contribution in [2.24, 2.45) is 11.8 Å². The van der Waals surface area contributed by atoms with Gasteiger partial charge in [0.1, 0.15) is 0 Å². The Bertz CT molecular complexity index is 714. The monoisotopic (exact) mass is 494 g/mol. The molecule has 1 fully saturated rings. The smallest absolute Gasteiger partial charge is 0.314 e. The number of benzene rings is 1. The van der Waals surface area contributed by atoms with Crippen LogP contribution in [-0.4, -0.2) is 12.6 Å². The summed E-state index contributed by atoms with van der Waals surface area (Å²) in [5.41, 5.74) is 0. The van der Waals surface area contributed by atoms with Crippen molar-refractivity contribution in [2.45, 2.75) is 129 Å². The van der Waals surface area contributed by atoms with E-state index in [1.165, 1.54) is 82.8 Å². The molecule has 0 bridgehead atoms. The first kappa shape index (κ1) is 29.6. The summed E-state index contributed by atoms with van der Waals surface area (Å²) in [6, 6.07) is 2.67. The molecule has 1 aliphatic rings. The second-order valence-corrected chi connectivity index (χ2v) is 10.4. The summed E-state index contributed by atoms with van der Waals surface area (Å²) in [4.78, 5) is 12.5. The zero-order valence-electron chi connectivity index (χ0n) is 22.2. The highest BCUT2D eigenvalue weighted by Crippen LogP contribution is 2.34. The lowest BCUT2D eigenvalue weighted by molar-refractivity contribution is -0.140. The molecule has 0 atom stereocenters. The lowest BCUT2D eigenvalue weighted by Crippen LogP contribution is -2.26. The van der Waals surface area contributed by atoms with Gasteiger partial charge in [0.25, 0.3) is 0 Å². The van der Waals surface area contributed by atoms with Gasteiger partial charge >= 0.3 is 5.97 Å². The lowest BCUT2D eigenvalue weighted by atomic mass is 9.80. The topological polar surface area (TPSA) is 35.5 Å². The Hall–Kier alpha value is -1.65. The number of hydrogen-bond acceptors (Lipinski definition) is 3. The maximum Gasteiger partial charge on any atom is 0.314 e. The van der Waals surface area contributed by atoms with Gasteiger partial charge in [0, 0.05) is 0 Å². The van der Waals surface area contributed by atoms with E-state index in [2.05, 4.69) is 13.8 Å². The SMILES string of the molecule is CCCCCCCCCCCCOc1ccc(OC(=O)C2CCC(CCCCC)CC2)c(F)c1F. The van der Waals surface area contributed by atoms with Crippen LogP contribution in [0.25, 0.3) is 0 Å². The molecule has 0 unspecified atom stereocenters. The van der Waals surface area contributed by atoms with Crippen LogP contribution < -0.4 is 9.47 Å². The zero-order chi connectivity index (χ0) is 25.3. The number of carbonyl (C=O) groups is 1. The van der Waals surface area contributed by atoms with E-state index in [0.29, 0.717) is 12.5 Å². The summed E-state index contributed by atoms with van der Waals surface area (Å²) in [5, 5.41) is 0. The fraction of sp³-hybridized carbons (Fsp3) is 0.767. The molecule has 1 aromatic rings. The first-order chi connectivity index (χ1) is 17.1. The first-order valence-electron chi connectivity index (χ1n) is 14.4. The van der Waals surface area contributed by atoms with Gasteiger partial charge in [-0.3, -0.25) is 4.79 Å². The van der Waals surface area contributed by atoms with E-state index in [-0.39, 0.29) is 17.4 Å². The van der Waals surface area contributed by atoms with Gasteiger partial charge in [0.2, 0.25) is 11.6 Å². The van der Waals surface area contributed by atoms with Gasteiger partial charge in [0.05, 0.1) is 12.5 Å². The quantitative estimate of drug-likeness (QED) is 0.116. The zero-order valence-corrected chi connectivity index (χ0v) is 22.2. The summed E-state index contributed by atoms with van der Waals surface area (Å²) < 4.78 is 39.7. The highest BCUT2D eigenvalue weighted by atomic mass is 19.2. The average molecular weight is 495 g/mol. The number of hydrogen-bond donors (Lipinski definition) is 0. The minimum absolute atomic E-state index is 0.120.